The standard InChI is InChI=1S/C41H64O16S.Na/c1-20(2)10-9-14-39(8)40(48)17-16-38(7)22-11-12-25-36(4,5)27(13-15-37(25,6)23(22)18-26(42)41(38,40)35(47)56-39)54-34-32(29(44)24(19-52-34)57-58(49,50)51)55-33-31(46)30(45)28(43)21(3)53-33;/h10,18,21-22,24-34,42-46,48H,9,11-17,19H2,1-8H3,(H,49,50,51);/q;+1/p-1/t21-,22-,24-,25+,26+,27+,28-,29+,30+,31-,32-,33+,34+,37-,38+,39+,40+,41-;/m1./s1. The van der Waals surface area contributed by atoms with Gasteiger partial charge in [0.05, 0.1) is 24.9 Å². The fourth-order valence-corrected chi connectivity index (χ4v) is 13.4. The first-order valence-corrected chi connectivity index (χ1v) is 22.1. The van der Waals surface area contributed by atoms with Crippen molar-refractivity contribution in [1.29, 1.82) is 0 Å². The van der Waals surface area contributed by atoms with Gasteiger partial charge in [0.1, 0.15) is 53.2 Å². The number of cyclic esters (lactones) is 1. The molecule has 0 aromatic rings. The first-order chi connectivity index (χ1) is 26.8. The molecule has 0 unspecified atom stereocenters. The minimum atomic E-state index is -5.29. The van der Waals surface area contributed by atoms with Crippen molar-refractivity contribution >= 4 is 16.4 Å². The maximum Gasteiger partial charge on any atom is 1.00 e. The third kappa shape index (κ3) is 7.21. The second-order valence-corrected chi connectivity index (χ2v) is 20.7. The first-order valence-electron chi connectivity index (χ1n) is 20.7. The molecule has 3 saturated carbocycles. The number of carbonyl (C=O) groups excluding carboxylic acids is 1. The Bertz CT molecular complexity index is 1790. The van der Waals surface area contributed by atoms with Crippen molar-refractivity contribution in [2.75, 3.05) is 6.61 Å². The third-order valence-electron chi connectivity index (χ3n) is 16.1. The van der Waals surface area contributed by atoms with Gasteiger partial charge in [0, 0.05) is 0 Å². The van der Waals surface area contributed by atoms with Gasteiger partial charge in [0.2, 0.25) is 10.4 Å². The zero-order valence-electron chi connectivity index (χ0n) is 35.7. The number of allylic oxidation sites excluding steroid dienone is 3. The van der Waals surface area contributed by atoms with Crippen LogP contribution in [0.25, 0.3) is 0 Å². The summed E-state index contributed by atoms with van der Waals surface area (Å²) in [7, 11) is -5.29. The minimum Gasteiger partial charge on any atom is -0.726 e. The third-order valence-corrected chi connectivity index (χ3v) is 16.5. The van der Waals surface area contributed by atoms with Crippen LogP contribution in [0, 0.1) is 33.5 Å². The van der Waals surface area contributed by atoms with Crippen molar-refractivity contribution in [2.24, 2.45) is 33.5 Å². The van der Waals surface area contributed by atoms with Crippen molar-refractivity contribution in [1.82, 2.24) is 0 Å². The molecule has 1 spiro atoms. The van der Waals surface area contributed by atoms with Crippen molar-refractivity contribution in [3.8, 4) is 0 Å². The molecule has 18 atom stereocenters. The fraction of sp³-hybridized carbons (Fsp3) is 0.878. The molecule has 0 bridgehead atoms. The molecule has 3 aliphatic heterocycles. The summed E-state index contributed by atoms with van der Waals surface area (Å²) in [6, 6.07) is 0. The second kappa shape index (κ2) is 16.1. The molecule has 3 saturated heterocycles. The average Bonchev–Trinajstić information content (AvgIpc) is 3.48. The van der Waals surface area contributed by atoms with Gasteiger partial charge in [-0.15, -0.1) is 0 Å². The van der Waals surface area contributed by atoms with Gasteiger partial charge in [-0.2, -0.15) is 0 Å². The Morgan fingerprint density at radius 1 is 0.932 bits per heavy atom. The van der Waals surface area contributed by atoms with E-state index >= 15 is 0 Å². The zero-order chi connectivity index (χ0) is 42.8. The van der Waals surface area contributed by atoms with Crippen LogP contribution in [-0.2, 0) is 43.1 Å². The van der Waals surface area contributed by atoms with E-state index in [4.69, 9.17) is 23.7 Å². The Labute approximate surface area is 369 Å². The molecule has 3 heterocycles. The summed E-state index contributed by atoms with van der Waals surface area (Å²) >= 11 is 0. The summed E-state index contributed by atoms with van der Waals surface area (Å²) in [6.45, 7) is 15.1. The molecule has 0 aromatic heterocycles. The first kappa shape index (κ1) is 47.9. The van der Waals surface area contributed by atoms with Gasteiger partial charge in [-0.1, -0.05) is 51.0 Å². The van der Waals surface area contributed by atoms with Crippen LogP contribution >= 0.6 is 0 Å². The predicted molar refractivity (Wildman–Crippen MR) is 202 cm³/mol. The Balaban J connectivity index is 0.00000585. The molecule has 0 radical (unpaired) electrons. The quantitative estimate of drug-likeness (QED) is 0.0401. The molecule has 59 heavy (non-hydrogen) atoms. The predicted octanol–water partition coefficient (Wildman–Crippen LogP) is -1.12. The molecule has 6 N–H and O–H groups in total. The van der Waals surface area contributed by atoms with E-state index in [1.807, 2.05) is 26.8 Å². The monoisotopic (exact) mass is 866 g/mol. The normalized spacial score (nSPS) is 50.3. The minimum absolute atomic E-state index is 0. The van der Waals surface area contributed by atoms with E-state index < -0.39 is 123 Å². The van der Waals surface area contributed by atoms with Crippen molar-refractivity contribution in [2.45, 2.75) is 185 Å². The fourth-order valence-electron chi connectivity index (χ4n) is 13.0. The number of esters is 1. The number of fused-ring (bicyclic) bond motifs is 4. The molecular formula is C41H63NaO16S. The van der Waals surface area contributed by atoms with Crippen LogP contribution in [0.15, 0.2) is 23.3 Å². The SMILES string of the molecule is CC(C)=CCC[C@]1(C)OC(=O)[C@]23[C@@H](O)C=C4[C@@H](CC[C@H]5C(C)(C)[C@@H](O[C@@H]6OC[C@@H](OS(=O)(=O)[O-])[C@H](O)[C@H]6O[C@@H]6O[C@H](C)[C@@H](O)[C@H](O)[C@H]6O)CC[C@]45C)[C@]2(C)CC[C@@]31O.[Na+]. The molecule has 4 aliphatic carbocycles. The molecule has 0 amide bonds. The summed E-state index contributed by atoms with van der Waals surface area (Å²) < 4.78 is 69.5. The molecule has 7 aliphatic rings. The number of carbonyl (C=O) groups is 1. The number of ether oxygens (including phenoxy) is 5. The van der Waals surface area contributed by atoms with Gasteiger partial charge in [-0.05, 0) is 107 Å². The summed E-state index contributed by atoms with van der Waals surface area (Å²) in [6.07, 6.45) is -7.49. The maximum absolute atomic E-state index is 14.3. The Kier molecular flexibility index (Phi) is 13.1. The van der Waals surface area contributed by atoms with Crippen LogP contribution in [0.4, 0.5) is 0 Å². The molecular weight excluding hydrogens is 803 g/mol. The van der Waals surface area contributed by atoms with Gasteiger partial charge < -0.3 is 58.9 Å². The number of aliphatic hydroxyl groups excluding tert-OH is 5. The number of hydrogen-bond acceptors (Lipinski definition) is 16. The van der Waals surface area contributed by atoms with E-state index in [1.54, 1.807) is 6.92 Å². The molecule has 16 nitrogen and oxygen atoms in total. The van der Waals surface area contributed by atoms with Crippen molar-refractivity contribution in [3.05, 3.63) is 23.3 Å². The van der Waals surface area contributed by atoms with Crippen LogP contribution in [0.2, 0.25) is 0 Å². The van der Waals surface area contributed by atoms with Crippen LogP contribution in [0.3, 0.4) is 0 Å². The van der Waals surface area contributed by atoms with Gasteiger partial charge in [-0.3, -0.25) is 8.98 Å². The Morgan fingerprint density at radius 2 is 1.61 bits per heavy atom. The van der Waals surface area contributed by atoms with Crippen molar-refractivity contribution in [3.63, 3.8) is 0 Å². The maximum atomic E-state index is 14.3. The molecule has 18 heteroatoms. The van der Waals surface area contributed by atoms with E-state index in [1.165, 1.54) is 6.92 Å². The van der Waals surface area contributed by atoms with Crippen molar-refractivity contribution < 1.29 is 106 Å². The van der Waals surface area contributed by atoms with E-state index in [-0.39, 0.29) is 41.4 Å². The summed E-state index contributed by atoms with van der Waals surface area (Å²) in [5.41, 5.74) is -3.93. The van der Waals surface area contributed by atoms with E-state index in [0.717, 1.165) is 17.6 Å². The second-order valence-electron chi connectivity index (χ2n) is 19.7. The zero-order valence-corrected chi connectivity index (χ0v) is 38.5. The number of aliphatic hydroxyl groups is 6. The Hall–Kier alpha value is -0.580. The van der Waals surface area contributed by atoms with E-state index in [9.17, 15) is 48.4 Å². The van der Waals surface area contributed by atoms with Gasteiger partial charge in [-0.25, -0.2) is 8.42 Å². The summed E-state index contributed by atoms with van der Waals surface area (Å²) in [5, 5.41) is 67.8. The largest absolute Gasteiger partial charge is 1.00 e. The Morgan fingerprint density at radius 3 is 2.25 bits per heavy atom. The average molecular weight is 867 g/mol. The molecule has 6 fully saturated rings. The summed E-state index contributed by atoms with van der Waals surface area (Å²) in [5.74, 6) is -0.679. The van der Waals surface area contributed by atoms with Crippen LogP contribution in [0.1, 0.15) is 107 Å². The van der Waals surface area contributed by atoms with E-state index in [0.29, 0.717) is 44.9 Å². The van der Waals surface area contributed by atoms with Crippen LogP contribution < -0.4 is 29.6 Å². The molecule has 7 rings (SSSR count). The van der Waals surface area contributed by atoms with Gasteiger partial charge in [0.15, 0.2) is 12.6 Å². The topological polar surface area (TPSA) is 251 Å². The molecule has 330 valence electrons. The van der Waals surface area contributed by atoms with Gasteiger partial charge >= 0.3 is 35.5 Å². The van der Waals surface area contributed by atoms with Crippen LogP contribution in [-0.4, -0.2) is 135 Å². The molecule has 0 aromatic carbocycles. The smallest absolute Gasteiger partial charge is 0.726 e. The van der Waals surface area contributed by atoms with E-state index in [2.05, 4.69) is 31.0 Å². The van der Waals surface area contributed by atoms with Crippen LogP contribution in [0.5, 0.6) is 0 Å². The number of rotatable bonds is 9. The number of hydrogen-bond donors (Lipinski definition) is 6. The summed E-state index contributed by atoms with van der Waals surface area (Å²) in [4.78, 5) is 14.3. The van der Waals surface area contributed by atoms with Gasteiger partial charge in [0.25, 0.3) is 0 Å².